The third-order valence-corrected chi connectivity index (χ3v) is 1.48. The number of aryl methyl sites for hydroxylation is 1. The van der Waals surface area contributed by atoms with Gasteiger partial charge in [0.05, 0.1) is 11.4 Å². The standard InChI is InChI=1S/C5H8ClN3/c1-2-3-4(7)5(6)9-8-3/h2,7H2,1H3,(H,8,9). The molecule has 0 bridgehead atoms. The van der Waals surface area contributed by atoms with Crippen molar-refractivity contribution in [3.63, 3.8) is 0 Å². The summed E-state index contributed by atoms with van der Waals surface area (Å²) in [6.07, 6.45) is 0.839. The molecule has 0 aromatic carbocycles. The number of H-pyrrole nitrogens is 1. The third kappa shape index (κ3) is 1.00. The highest BCUT2D eigenvalue weighted by Gasteiger charge is 2.03. The number of aromatic amines is 1. The summed E-state index contributed by atoms with van der Waals surface area (Å²) in [5, 5.41) is 6.79. The van der Waals surface area contributed by atoms with Crippen LogP contribution in [0, 0.1) is 0 Å². The van der Waals surface area contributed by atoms with Crippen molar-refractivity contribution in [2.75, 3.05) is 5.73 Å². The molecule has 9 heavy (non-hydrogen) atoms. The van der Waals surface area contributed by atoms with Crippen LogP contribution >= 0.6 is 11.6 Å². The number of anilines is 1. The topological polar surface area (TPSA) is 54.7 Å². The molecule has 1 heterocycles. The molecule has 0 spiro atoms. The molecular weight excluding hydrogens is 138 g/mol. The Morgan fingerprint density at radius 1 is 1.78 bits per heavy atom. The first kappa shape index (κ1) is 6.42. The Kier molecular flexibility index (Phi) is 1.62. The Morgan fingerprint density at radius 2 is 2.44 bits per heavy atom. The zero-order chi connectivity index (χ0) is 6.85. The van der Waals surface area contributed by atoms with Crippen molar-refractivity contribution in [2.45, 2.75) is 13.3 Å². The first-order chi connectivity index (χ1) is 4.25. The second-order valence-electron chi connectivity index (χ2n) is 1.76. The second-order valence-corrected chi connectivity index (χ2v) is 2.12. The van der Waals surface area contributed by atoms with E-state index in [0.29, 0.717) is 10.8 Å². The average molecular weight is 146 g/mol. The lowest BCUT2D eigenvalue weighted by Gasteiger charge is -1.88. The van der Waals surface area contributed by atoms with E-state index >= 15 is 0 Å². The van der Waals surface area contributed by atoms with E-state index in [0.717, 1.165) is 12.1 Å². The minimum absolute atomic E-state index is 0.367. The van der Waals surface area contributed by atoms with Gasteiger partial charge in [-0.25, -0.2) is 0 Å². The van der Waals surface area contributed by atoms with Gasteiger partial charge in [-0.05, 0) is 6.42 Å². The largest absolute Gasteiger partial charge is 0.395 e. The fraction of sp³-hybridized carbons (Fsp3) is 0.400. The van der Waals surface area contributed by atoms with Gasteiger partial charge in [0.15, 0.2) is 5.15 Å². The fourth-order valence-corrected chi connectivity index (χ4v) is 0.787. The zero-order valence-electron chi connectivity index (χ0n) is 5.11. The number of nitrogens with two attached hydrogens (primary N) is 1. The first-order valence-electron chi connectivity index (χ1n) is 2.74. The van der Waals surface area contributed by atoms with Crippen LogP contribution in [0.1, 0.15) is 12.6 Å². The van der Waals surface area contributed by atoms with Gasteiger partial charge in [-0.3, -0.25) is 5.10 Å². The van der Waals surface area contributed by atoms with E-state index < -0.39 is 0 Å². The van der Waals surface area contributed by atoms with E-state index in [1.165, 1.54) is 0 Å². The smallest absolute Gasteiger partial charge is 0.173 e. The van der Waals surface area contributed by atoms with Gasteiger partial charge in [0.1, 0.15) is 0 Å². The molecule has 0 aliphatic rings. The van der Waals surface area contributed by atoms with Crippen molar-refractivity contribution in [2.24, 2.45) is 0 Å². The van der Waals surface area contributed by atoms with Gasteiger partial charge in [-0.15, -0.1) is 0 Å². The van der Waals surface area contributed by atoms with Gasteiger partial charge in [-0.1, -0.05) is 18.5 Å². The molecule has 4 heteroatoms. The Balaban J connectivity index is 3.04. The molecule has 0 atom stereocenters. The maximum absolute atomic E-state index is 5.54. The van der Waals surface area contributed by atoms with E-state index in [9.17, 15) is 0 Å². The summed E-state index contributed by atoms with van der Waals surface area (Å²) in [5.74, 6) is 0. The lowest BCUT2D eigenvalue weighted by atomic mass is 10.3. The van der Waals surface area contributed by atoms with E-state index in [4.69, 9.17) is 17.3 Å². The van der Waals surface area contributed by atoms with Crippen molar-refractivity contribution in [3.05, 3.63) is 10.8 Å². The van der Waals surface area contributed by atoms with Crippen molar-refractivity contribution in [3.8, 4) is 0 Å². The first-order valence-corrected chi connectivity index (χ1v) is 3.11. The number of nitrogens with zero attached hydrogens (tertiary/aromatic N) is 1. The summed E-state index contributed by atoms with van der Waals surface area (Å²) < 4.78 is 0. The highest BCUT2D eigenvalue weighted by atomic mass is 35.5. The molecule has 0 radical (unpaired) electrons. The van der Waals surface area contributed by atoms with Crippen LogP contribution in [0.3, 0.4) is 0 Å². The normalized spacial score (nSPS) is 10.0. The molecule has 0 aliphatic carbocycles. The highest BCUT2D eigenvalue weighted by Crippen LogP contribution is 2.18. The summed E-state index contributed by atoms with van der Waals surface area (Å²) in [6.45, 7) is 1.99. The van der Waals surface area contributed by atoms with Gasteiger partial charge in [0, 0.05) is 0 Å². The monoisotopic (exact) mass is 145 g/mol. The van der Waals surface area contributed by atoms with Crippen LogP contribution < -0.4 is 5.73 Å². The number of hydrogen-bond donors (Lipinski definition) is 2. The molecular formula is C5H8ClN3. The molecule has 0 fully saturated rings. The molecule has 1 rings (SSSR count). The van der Waals surface area contributed by atoms with E-state index in [1.54, 1.807) is 0 Å². The third-order valence-electron chi connectivity index (χ3n) is 1.19. The van der Waals surface area contributed by atoms with Gasteiger partial charge in [-0.2, -0.15) is 5.10 Å². The molecule has 0 unspecified atom stereocenters. The van der Waals surface area contributed by atoms with Crippen molar-refractivity contribution >= 4 is 17.3 Å². The van der Waals surface area contributed by atoms with Crippen LogP contribution in [0.25, 0.3) is 0 Å². The van der Waals surface area contributed by atoms with Crippen LogP contribution in [0.4, 0.5) is 5.69 Å². The van der Waals surface area contributed by atoms with E-state index in [2.05, 4.69) is 10.2 Å². The van der Waals surface area contributed by atoms with Crippen molar-refractivity contribution in [1.82, 2.24) is 10.2 Å². The van der Waals surface area contributed by atoms with Crippen LogP contribution in [0.15, 0.2) is 0 Å². The Morgan fingerprint density at radius 3 is 2.67 bits per heavy atom. The number of nitrogen functional groups attached to an aromatic ring is 1. The Hall–Kier alpha value is -0.700. The predicted molar refractivity (Wildman–Crippen MR) is 37.4 cm³/mol. The second kappa shape index (κ2) is 2.27. The molecule has 3 nitrogen and oxygen atoms in total. The predicted octanol–water partition coefficient (Wildman–Crippen LogP) is 1.21. The summed E-state index contributed by atoms with van der Waals surface area (Å²) in [7, 11) is 0. The summed E-state index contributed by atoms with van der Waals surface area (Å²) in [6, 6.07) is 0. The minimum Gasteiger partial charge on any atom is -0.395 e. The van der Waals surface area contributed by atoms with Crippen LogP contribution in [0.5, 0.6) is 0 Å². The number of hydrogen-bond acceptors (Lipinski definition) is 2. The lowest BCUT2D eigenvalue weighted by molar-refractivity contribution is 0.976. The maximum Gasteiger partial charge on any atom is 0.173 e. The molecule has 0 saturated heterocycles. The molecule has 1 aromatic heterocycles. The Bertz CT molecular complexity index is 206. The molecule has 1 aromatic rings. The summed E-state index contributed by atoms with van der Waals surface area (Å²) in [5.41, 5.74) is 6.96. The fourth-order valence-electron chi connectivity index (χ4n) is 0.631. The minimum atomic E-state index is 0.367. The molecule has 0 saturated carbocycles. The van der Waals surface area contributed by atoms with Crippen LogP contribution in [-0.2, 0) is 6.42 Å². The summed E-state index contributed by atoms with van der Waals surface area (Å²) >= 11 is 5.54. The van der Waals surface area contributed by atoms with Gasteiger partial charge in [0.25, 0.3) is 0 Å². The lowest BCUT2D eigenvalue weighted by Crippen LogP contribution is -1.88. The molecule has 0 amide bonds. The molecule has 0 aliphatic heterocycles. The number of rotatable bonds is 1. The number of aromatic nitrogens is 2. The number of halogens is 1. The summed E-state index contributed by atoms with van der Waals surface area (Å²) in [4.78, 5) is 0. The van der Waals surface area contributed by atoms with Gasteiger partial charge >= 0.3 is 0 Å². The highest BCUT2D eigenvalue weighted by molar-refractivity contribution is 6.31. The van der Waals surface area contributed by atoms with E-state index in [1.807, 2.05) is 6.92 Å². The SMILES string of the molecule is CCc1[nH]nc(Cl)c1N. The van der Waals surface area contributed by atoms with Gasteiger partial charge in [0.2, 0.25) is 0 Å². The maximum atomic E-state index is 5.54. The van der Waals surface area contributed by atoms with E-state index in [-0.39, 0.29) is 0 Å². The van der Waals surface area contributed by atoms with Crippen molar-refractivity contribution in [1.29, 1.82) is 0 Å². The molecule has 3 N–H and O–H groups in total. The Labute approximate surface area is 58.2 Å². The molecule has 50 valence electrons. The quantitative estimate of drug-likeness (QED) is 0.624. The van der Waals surface area contributed by atoms with Gasteiger partial charge < -0.3 is 5.73 Å². The average Bonchev–Trinajstić information content (AvgIpc) is 2.15. The number of nitrogens with one attached hydrogen (secondary N) is 1. The van der Waals surface area contributed by atoms with Crippen LogP contribution in [-0.4, -0.2) is 10.2 Å². The van der Waals surface area contributed by atoms with Crippen molar-refractivity contribution < 1.29 is 0 Å². The zero-order valence-corrected chi connectivity index (χ0v) is 5.87. The van der Waals surface area contributed by atoms with Crippen LogP contribution in [0.2, 0.25) is 5.15 Å².